The Morgan fingerprint density at radius 2 is 2.00 bits per heavy atom. The van der Waals surface area contributed by atoms with E-state index in [0.29, 0.717) is 24.3 Å². The minimum Gasteiger partial charge on any atom is -0.462 e. The van der Waals surface area contributed by atoms with Crippen molar-refractivity contribution in [2.24, 2.45) is 5.73 Å². The van der Waals surface area contributed by atoms with Crippen LogP contribution in [0.5, 0.6) is 0 Å². The van der Waals surface area contributed by atoms with Gasteiger partial charge in [0.25, 0.3) is 0 Å². The van der Waals surface area contributed by atoms with Crippen molar-refractivity contribution >= 4 is 12.2 Å². The average Bonchev–Trinajstić information content (AvgIpc) is 2.13. The molecule has 14 heavy (non-hydrogen) atoms. The Kier molecular flexibility index (Phi) is 5.60. The largest absolute Gasteiger partial charge is 0.462 e. The molecule has 0 saturated heterocycles. The fraction of sp³-hybridized carbons (Fsp3) is 0.600. The van der Waals surface area contributed by atoms with Gasteiger partial charge in [0.15, 0.2) is 6.21 Å². The van der Waals surface area contributed by atoms with Crippen molar-refractivity contribution in [3.8, 4) is 0 Å². The lowest BCUT2D eigenvalue weighted by Gasteiger charge is -2.04. The smallest absolute Gasteiger partial charge is 0.345 e. The first-order chi connectivity index (χ1) is 6.52. The SMILES string of the molecule is CCOC(=O)/C(C=[N+](C)C)=C(/N)CC. The Bertz CT molecular complexity index is 263. The number of nitrogens with two attached hydrogens (primary N) is 1. The molecule has 0 rings (SSSR count). The van der Waals surface area contributed by atoms with Gasteiger partial charge >= 0.3 is 5.97 Å². The Morgan fingerprint density at radius 3 is 2.36 bits per heavy atom. The fourth-order valence-electron chi connectivity index (χ4n) is 0.924. The van der Waals surface area contributed by atoms with Crippen LogP contribution in [-0.2, 0) is 9.53 Å². The second-order valence-electron chi connectivity index (χ2n) is 3.11. The number of hydrogen-bond donors (Lipinski definition) is 1. The number of carbonyl (C=O) groups excluding carboxylic acids is 1. The Hall–Kier alpha value is -1.32. The molecule has 0 aliphatic carbocycles. The summed E-state index contributed by atoms with van der Waals surface area (Å²) in [4.78, 5) is 11.5. The molecule has 0 saturated carbocycles. The summed E-state index contributed by atoms with van der Waals surface area (Å²) in [5.41, 5.74) is 6.71. The summed E-state index contributed by atoms with van der Waals surface area (Å²) in [7, 11) is 3.67. The molecule has 0 aromatic carbocycles. The normalized spacial score (nSPS) is 11.7. The molecule has 0 aliphatic heterocycles. The van der Waals surface area contributed by atoms with E-state index in [1.54, 1.807) is 17.7 Å². The van der Waals surface area contributed by atoms with E-state index in [-0.39, 0.29) is 5.97 Å². The molecule has 0 heterocycles. The highest BCUT2D eigenvalue weighted by Gasteiger charge is 2.15. The van der Waals surface area contributed by atoms with Crippen LogP contribution in [0.2, 0.25) is 0 Å². The first-order valence-electron chi connectivity index (χ1n) is 4.69. The molecule has 0 spiro atoms. The highest BCUT2D eigenvalue weighted by molar-refractivity contribution is 6.08. The summed E-state index contributed by atoms with van der Waals surface area (Å²) in [6.07, 6.45) is 2.31. The van der Waals surface area contributed by atoms with Crippen LogP contribution >= 0.6 is 0 Å². The monoisotopic (exact) mass is 199 g/mol. The predicted octanol–water partition coefficient (Wildman–Crippen LogP) is 0.515. The molecule has 0 radical (unpaired) electrons. The fourth-order valence-corrected chi connectivity index (χ4v) is 0.924. The number of hydrogen-bond acceptors (Lipinski definition) is 3. The summed E-state index contributed by atoms with van der Waals surface area (Å²) in [6.45, 7) is 4.03. The van der Waals surface area contributed by atoms with Crippen molar-refractivity contribution in [3.05, 3.63) is 11.3 Å². The molecule has 0 aromatic heterocycles. The third kappa shape index (κ3) is 4.07. The summed E-state index contributed by atoms with van der Waals surface area (Å²) in [6, 6.07) is 0. The van der Waals surface area contributed by atoms with E-state index >= 15 is 0 Å². The zero-order chi connectivity index (χ0) is 11.1. The second-order valence-corrected chi connectivity index (χ2v) is 3.11. The van der Waals surface area contributed by atoms with E-state index in [0.717, 1.165) is 0 Å². The minimum atomic E-state index is -0.361. The average molecular weight is 199 g/mol. The molecule has 0 unspecified atom stereocenters. The molecule has 80 valence electrons. The van der Waals surface area contributed by atoms with Crippen molar-refractivity contribution < 1.29 is 14.1 Å². The van der Waals surface area contributed by atoms with Gasteiger partial charge in [0, 0.05) is 5.70 Å². The molecule has 0 aromatic rings. The number of allylic oxidation sites excluding steroid dienone is 1. The summed E-state index contributed by atoms with van der Waals surface area (Å²) in [5, 5.41) is 0. The molecule has 4 heteroatoms. The van der Waals surface area contributed by atoms with Gasteiger partial charge in [-0.05, 0) is 13.3 Å². The van der Waals surface area contributed by atoms with Gasteiger partial charge in [-0.25, -0.2) is 9.37 Å². The number of carbonyl (C=O) groups is 1. The minimum absolute atomic E-state index is 0.361. The number of nitrogens with zero attached hydrogens (tertiary/aromatic N) is 1. The summed E-state index contributed by atoms with van der Waals surface area (Å²) >= 11 is 0. The summed E-state index contributed by atoms with van der Waals surface area (Å²) < 4.78 is 6.67. The van der Waals surface area contributed by atoms with E-state index < -0.39 is 0 Å². The quantitative estimate of drug-likeness (QED) is 0.311. The molecule has 0 atom stereocenters. The van der Waals surface area contributed by atoms with E-state index in [2.05, 4.69) is 0 Å². The third-order valence-corrected chi connectivity index (χ3v) is 1.61. The topological polar surface area (TPSA) is 55.3 Å². The zero-order valence-electron chi connectivity index (χ0n) is 9.33. The molecule has 0 bridgehead atoms. The standard InChI is InChI=1S/C10H18N2O2/c1-5-9(11)8(7-12(3)4)10(13)14-6-2/h7,11H,5-6H2,1-4H3/p+1. The number of rotatable bonds is 4. The highest BCUT2D eigenvalue weighted by Crippen LogP contribution is 2.02. The highest BCUT2D eigenvalue weighted by atomic mass is 16.5. The number of ether oxygens (including phenoxy) is 1. The third-order valence-electron chi connectivity index (χ3n) is 1.61. The van der Waals surface area contributed by atoms with E-state index in [9.17, 15) is 4.79 Å². The van der Waals surface area contributed by atoms with Gasteiger partial charge in [-0.1, -0.05) is 6.92 Å². The van der Waals surface area contributed by atoms with Gasteiger partial charge in [0.1, 0.15) is 19.7 Å². The summed E-state index contributed by atoms with van der Waals surface area (Å²) in [5.74, 6) is -0.361. The van der Waals surface area contributed by atoms with Crippen LogP contribution in [0.4, 0.5) is 0 Å². The Labute approximate surface area is 85.1 Å². The van der Waals surface area contributed by atoms with E-state index in [4.69, 9.17) is 10.5 Å². The zero-order valence-corrected chi connectivity index (χ0v) is 9.33. The van der Waals surface area contributed by atoms with Gasteiger partial charge in [-0.2, -0.15) is 0 Å². The Balaban J connectivity index is 4.93. The van der Waals surface area contributed by atoms with Crippen LogP contribution < -0.4 is 5.73 Å². The molecule has 0 aliphatic rings. The van der Waals surface area contributed by atoms with Crippen LogP contribution in [0.25, 0.3) is 0 Å². The van der Waals surface area contributed by atoms with Gasteiger partial charge in [-0.15, -0.1) is 0 Å². The first-order valence-corrected chi connectivity index (χ1v) is 4.69. The van der Waals surface area contributed by atoms with Crippen molar-refractivity contribution in [1.29, 1.82) is 0 Å². The lowest BCUT2D eigenvalue weighted by Crippen LogP contribution is -2.18. The molecule has 2 N–H and O–H groups in total. The molecular formula is C10H19N2O2+. The van der Waals surface area contributed by atoms with Crippen LogP contribution in [0.1, 0.15) is 20.3 Å². The van der Waals surface area contributed by atoms with Gasteiger partial charge in [0.2, 0.25) is 0 Å². The van der Waals surface area contributed by atoms with Gasteiger partial charge in [-0.3, -0.25) is 0 Å². The maximum Gasteiger partial charge on any atom is 0.345 e. The Morgan fingerprint density at radius 1 is 1.43 bits per heavy atom. The van der Waals surface area contributed by atoms with Crippen LogP contribution in [0.15, 0.2) is 11.3 Å². The molecule has 0 amide bonds. The molecular weight excluding hydrogens is 180 g/mol. The first kappa shape index (κ1) is 12.7. The van der Waals surface area contributed by atoms with E-state index in [1.807, 2.05) is 21.0 Å². The second kappa shape index (κ2) is 6.18. The van der Waals surface area contributed by atoms with Crippen molar-refractivity contribution in [2.45, 2.75) is 20.3 Å². The van der Waals surface area contributed by atoms with Crippen molar-refractivity contribution in [3.63, 3.8) is 0 Å². The van der Waals surface area contributed by atoms with Crippen molar-refractivity contribution in [1.82, 2.24) is 0 Å². The lowest BCUT2D eigenvalue weighted by molar-refractivity contribution is -0.458. The van der Waals surface area contributed by atoms with Crippen LogP contribution in [0, 0.1) is 0 Å². The maximum absolute atomic E-state index is 11.5. The van der Waals surface area contributed by atoms with Crippen LogP contribution in [0.3, 0.4) is 0 Å². The predicted molar refractivity (Wildman–Crippen MR) is 56.3 cm³/mol. The van der Waals surface area contributed by atoms with Gasteiger partial charge in [0.05, 0.1) is 6.61 Å². The molecule has 4 nitrogen and oxygen atoms in total. The number of esters is 1. The van der Waals surface area contributed by atoms with Gasteiger partial charge < -0.3 is 10.5 Å². The molecule has 0 fully saturated rings. The van der Waals surface area contributed by atoms with Crippen molar-refractivity contribution in [2.75, 3.05) is 20.7 Å². The van der Waals surface area contributed by atoms with Crippen LogP contribution in [-0.4, -0.2) is 37.5 Å². The maximum atomic E-state index is 11.5. The lowest BCUT2D eigenvalue weighted by atomic mass is 10.2. The van der Waals surface area contributed by atoms with E-state index in [1.165, 1.54) is 0 Å².